The second kappa shape index (κ2) is 5.74. The van der Waals surface area contributed by atoms with E-state index in [-0.39, 0.29) is 17.3 Å². The minimum Gasteiger partial charge on any atom is -0.453 e. The fourth-order valence-corrected chi connectivity index (χ4v) is 2.19. The summed E-state index contributed by atoms with van der Waals surface area (Å²) in [7, 11) is 1.26. The van der Waals surface area contributed by atoms with E-state index in [2.05, 4.69) is 10.1 Å². The Morgan fingerprint density at radius 3 is 2.90 bits per heavy atom. The van der Waals surface area contributed by atoms with Gasteiger partial charge in [-0.05, 0) is 18.6 Å². The van der Waals surface area contributed by atoms with E-state index < -0.39 is 17.7 Å². The van der Waals surface area contributed by atoms with Crippen LogP contribution in [0.1, 0.15) is 12.0 Å². The first kappa shape index (κ1) is 14.1. The zero-order valence-electron chi connectivity index (χ0n) is 10.8. The summed E-state index contributed by atoms with van der Waals surface area (Å²) in [6.45, 7) is 0.842. The molecule has 1 aromatic rings. The van der Waals surface area contributed by atoms with Gasteiger partial charge in [0.15, 0.2) is 11.6 Å². The number of rotatable bonds is 2. The number of alkyl carbamates (subject to hydrolysis) is 1. The Labute approximate surface area is 114 Å². The Balaban J connectivity index is 2.13. The highest BCUT2D eigenvalue weighted by Gasteiger charge is 2.27. The van der Waals surface area contributed by atoms with Crippen molar-refractivity contribution in [2.45, 2.75) is 12.5 Å². The van der Waals surface area contributed by atoms with Crippen molar-refractivity contribution in [3.05, 3.63) is 29.3 Å². The molecule has 0 aromatic heterocycles. The number of methoxy groups -OCH3 is 1. The van der Waals surface area contributed by atoms with Gasteiger partial charge >= 0.3 is 6.09 Å². The molecule has 5 nitrogen and oxygen atoms in total. The number of amides is 1. The molecular formula is C13H13F2N3O2. The summed E-state index contributed by atoms with van der Waals surface area (Å²) >= 11 is 0. The lowest BCUT2D eigenvalue weighted by Gasteiger charge is -2.20. The van der Waals surface area contributed by atoms with Gasteiger partial charge in [0.25, 0.3) is 0 Å². The van der Waals surface area contributed by atoms with Gasteiger partial charge < -0.3 is 15.0 Å². The van der Waals surface area contributed by atoms with Crippen molar-refractivity contribution in [2.24, 2.45) is 0 Å². The van der Waals surface area contributed by atoms with Crippen molar-refractivity contribution in [1.82, 2.24) is 5.32 Å². The van der Waals surface area contributed by atoms with Gasteiger partial charge in [-0.3, -0.25) is 0 Å². The lowest BCUT2D eigenvalue weighted by molar-refractivity contribution is 0.167. The van der Waals surface area contributed by atoms with Gasteiger partial charge in [-0.2, -0.15) is 5.26 Å². The average molecular weight is 281 g/mol. The largest absolute Gasteiger partial charge is 0.453 e. The molecule has 1 aliphatic rings. The van der Waals surface area contributed by atoms with Gasteiger partial charge in [-0.15, -0.1) is 0 Å². The molecule has 7 heteroatoms. The maximum Gasteiger partial charge on any atom is 0.407 e. The van der Waals surface area contributed by atoms with Crippen LogP contribution in [0.5, 0.6) is 0 Å². The van der Waals surface area contributed by atoms with E-state index in [1.165, 1.54) is 19.2 Å². The fraction of sp³-hybridized carbons (Fsp3) is 0.385. The molecule has 0 bridgehead atoms. The number of carbonyl (C=O) groups is 1. The van der Waals surface area contributed by atoms with Crippen LogP contribution < -0.4 is 10.2 Å². The molecule has 0 spiro atoms. The van der Waals surface area contributed by atoms with Crippen molar-refractivity contribution >= 4 is 11.8 Å². The standard InChI is InChI=1S/C13H13F2N3O2/c1-20-13(19)17-9-4-5-18(7-9)10-3-2-8(6-16)11(14)12(10)15/h2-3,9H,4-5,7H2,1H3,(H,17,19). The number of nitrogens with one attached hydrogen (secondary N) is 1. The van der Waals surface area contributed by atoms with Crippen LogP contribution in [0.4, 0.5) is 19.3 Å². The Kier molecular flexibility index (Phi) is 4.03. The maximum absolute atomic E-state index is 13.9. The first-order valence-electron chi connectivity index (χ1n) is 6.04. The summed E-state index contributed by atoms with van der Waals surface area (Å²) in [5.74, 6) is -2.18. The Hall–Kier alpha value is -2.36. The van der Waals surface area contributed by atoms with Crippen LogP contribution in [-0.2, 0) is 4.74 Å². The summed E-state index contributed by atoms with van der Waals surface area (Å²) in [6, 6.07) is 4.03. The Bertz CT molecular complexity index is 571. The first-order valence-corrected chi connectivity index (χ1v) is 6.04. The number of hydrogen-bond acceptors (Lipinski definition) is 4. The van der Waals surface area contributed by atoms with E-state index in [9.17, 15) is 13.6 Å². The van der Waals surface area contributed by atoms with Gasteiger partial charge in [0, 0.05) is 13.1 Å². The lowest BCUT2D eigenvalue weighted by Crippen LogP contribution is -2.37. The van der Waals surface area contributed by atoms with E-state index in [4.69, 9.17) is 5.26 Å². The molecule has 1 saturated heterocycles. The van der Waals surface area contributed by atoms with Crippen molar-refractivity contribution in [2.75, 3.05) is 25.1 Å². The molecule has 1 N–H and O–H groups in total. The van der Waals surface area contributed by atoms with Crippen LogP contribution >= 0.6 is 0 Å². The molecule has 106 valence electrons. The molecule has 1 amide bonds. The third kappa shape index (κ3) is 2.64. The quantitative estimate of drug-likeness (QED) is 0.897. The van der Waals surface area contributed by atoms with Crippen LogP contribution in [0.15, 0.2) is 12.1 Å². The SMILES string of the molecule is COC(=O)NC1CCN(c2ccc(C#N)c(F)c2F)C1. The molecule has 1 aliphatic heterocycles. The summed E-state index contributed by atoms with van der Waals surface area (Å²) < 4.78 is 31.9. The second-order valence-electron chi connectivity index (χ2n) is 4.44. The van der Waals surface area contributed by atoms with Gasteiger partial charge in [0.1, 0.15) is 6.07 Å². The lowest BCUT2D eigenvalue weighted by atomic mass is 10.2. The van der Waals surface area contributed by atoms with Gasteiger partial charge in [0.2, 0.25) is 0 Å². The van der Waals surface area contributed by atoms with Crippen LogP contribution in [0.2, 0.25) is 0 Å². The summed E-state index contributed by atoms with van der Waals surface area (Å²) in [5, 5.41) is 11.2. The highest BCUT2D eigenvalue weighted by molar-refractivity contribution is 5.67. The highest BCUT2D eigenvalue weighted by atomic mass is 19.2. The van der Waals surface area contributed by atoms with Crippen LogP contribution in [0.25, 0.3) is 0 Å². The molecular weight excluding hydrogens is 268 g/mol. The first-order chi connectivity index (χ1) is 9.56. The zero-order valence-corrected chi connectivity index (χ0v) is 10.8. The average Bonchev–Trinajstić information content (AvgIpc) is 2.89. The van der Waals surface area contributed by atoms with Crippen LogP contribution in [-0.4, -0.2) is 32.3 Å². The number of ether oxygens (including phenoxy) is 1. The molecule has 1 unspecified atom stereocenters. The van der Waals surface area contributed by atoms with Crippen molar-refractivity contribution in [3.63, 3.8) is 0 Å². The Morgan fingerprint density at radius 2 is 2.25 bits per heavy atom. The number of hydrogen-bond donors (Lipinski definition) is 1. The number of anilines is 1. The molecule has 1 atom stereocenters. The maximum atomic E-state index is 13.9. The molecule has 1 fully saturated rings. The van der Waals surface area contributed by atoms with Crippen molar-refractivity contribution in [1.29, 1.82) is 5.26 Å². The third-order valence-electron chi connectivity index (χ3n) is 3.22. The smallest absolute Gasteiger partial charge is 0.407 e. The minimum absolute atomic E-state index is 0.0932. The van der Waals surface area contributed by atoms with Crippen molar-refractivity contribution in [3.8, 4) is 6.07 Å². The predicted molar refractivity (Wildman–Crippen MR) is 67.2 cm³/mol. The molecule has 2 rings (SSSR count). The third-order valence-corrected chi connectivity index (χ3v) is 3.22. The summed E-state index contributed by atoms with van der Waals surface area (Å²) in [6.07, 6.45) is 0.0548. The topological polar surface area (TPSA) is 65.4 Å². The molecule has 0 saturated carbocycles. The summed E-state index contributed by atoms with van der Waals surface area (Å²) in [5.41, 5.74) is -0.231. The molecule has 0 aliphatic carbocycles. The fourth-order valence-electron chi connectivity index (χ4n) is 2.19. The van der Waals surface area contributed by atoms with Crippen molar-refractivity contribution < 1.29 is 18.3 Å². The normalized spacial score (nSPS) is 17.7. The molecule has 1 aromatic carbocycles. The summed E-state index contributed by atoms with van der Waals surface area (Å²) in [4.78, 5) is 12.7. The van der Waals surface area contributed by atoms with Gasteiger partial charge in [-0.1, -0.05) is 0 Å². The number of nitrogens with zero attached hydrogens (tertiary/aromatic N) is 2. The second-order valence-corrected chi connectivity index (χ2v) is 4.44. The molecule has 0 radical (unpaired) electrons. The van der Waals surface area contributed by atoms with Crippen LogP contribution in [0.3, 0.4) is 0 Å². The number of nitriles is 1. The van der Waals surface area contributed by atoms with E-state index in [1.807, 2.05) is 0 Å². The minimum atomic E-state index is -1.14. The highest BCUT2D eigenvalue weighted by Crippen LogP contribution is 2.27. The van der Waals surface area contributed by atoms with E-state index in [0.29, 0.717) is 19.5 Å². The zero-order chi connectivity index (χ0) is 14.7. The molecule has 20 heavy (non-hydrogen) atoms. The van der Waals surface area contributed by atoms with Crippen LogP contribution in [0, 0.1) is 23.0 Å². The van der Waals surface area contributed by atoms with E-state index >= 15 is 0 Å². The number of benzene rings is 1. The predicted octanol–water partition coefficient (Wildman–Crippen LogP) is 1.77. The monoisotopic (exact) mass is 281 g/mol. The van der Waals surface area contributed by atoms with Gasteiger partial charge in [-0.25, -0.2) is 13.6 Å². The number of carbonyl (C=O) groups excluding carboxylic acids is 1. The van der Waals surface area contributed by atoms with Gasteiger partial charge in [0.05, 0.1) is 24.4 Å². The Morgan fingerprint density at radius 1 is 1.50 bits per heavy atom. The molecule has 1 heterocycles. The van der Waals surface area contributed by atoms with E-state index in [1.54, 1.807) is 11.0 Å². The van der Waals surface area contributed by atoms with E-state index in [0.717, 1.165) is 0 Å². The number of halogens is 2.